The number of carboxylic acid groups (broad SMARTS) is 1. The first kappa shape index (κ1) is 8.01. The predicted molar refractivity (Wildman–Crippen MR) is 40.1 cm³/mol. The van der Waals surface area contributed by atoms with Gasteiger partial charge in [-0.25, -0.2) is 4.79 Å². The molecule has 2 N–H and O–H groups in total. The minimum atomic E-state index is -1.32. The second-order valence-electron chi connectivity index (χ2n) is 2.45. The molecule has 11 heavy (non-hydrogen) atoms. The van der Waals surface area contributed by atoms with Crippen molar-refractivity contribution >= 4 is 5.97 Å². The zero-order chi connectivity index (χ0) is 8.27. The molecule has 0 unspecified atom stereocenters. The lowest BCUT2D eigenvalue weighted by Crippen LogP contribution is -2.22. The molecule has 0 spiro atoms. The largest absolute Gasteiger partial charge is 0.479 e. The van der Waals surface area contributed by atoms with Gasteiger partial charge in [0, 0.05) is 0 Å². The molecule has 0 saturated carbocycles. The van der Waals surface area contributed by atoms with Gasteiger partial charge in [0.1, 0.15) is 0 Å². The Kier molecular flexibility index (Phi) is 2.44. The van der Waals surface area contributed by atoms with Crippen molar-refractivity contribution in [1.29, 1.82) is 0 Å². The maximum absolute atomic E-state index is 10.3. The van der Waals surface area contributed by atoms with E-state index >= 15 is 0 Å². The fourth-order valence-corrected chi connectivity index (χ4v) is 1.01. The van der Waals surface area contributed by atoms with Gasteiger partial charge in [0.15, 0.2) is 6.10 Å². The molecule has 0 radical (unpaired) electrons. The number of hydrogen-bond acceptors (Lipinski definition) is 2. The number of carbonyl (C=O) groups is 1. The molecule has 1 rings (SSSR count). The minimum Gasteiger partial charge on any atom is -0.479 e. The lowest BCUT2D eigenvalue weighted by atomic mass is 10.0. The van der Waals surface area contributed by atoms with Gasteiger partial charge >= 0.3 is 5.97 Å². The third-order valence-electron chi connectivity index (χ3n) is 1.63. The van der Waals surface area contributed by atoms with Crippen LogP contribution in [0.4, 0.5) is 0 Å². The number of carboxylic acids is 1. The summed E-state index contributed by atoms with van der Waals surface area (Å²) < 4.78 is 0. The number of aliphatic hydroxyl groups excluding tert-OH is 1. The molecule has 0 amide bonds. The van der Waals surface area contributed by atoms with Crippen molar-refractivity contribution < 1.29 is 15.0 Å². The summed E-state index contributed by atoms with van der Waals surface area (Å²) in [7, 11) is 0. The second kappa shape index (κ2) is 3.34. The Morgan fingerprint density at radius 1 is 1.64 bits per heavy atom. The van der Waals surface area contributed by atoms with Crippen LogP contribution in [0.1, 0.15) is 12.8 Å². The van der Waals surface area contributed by atoms with Crippen molar-refractivity contribution in [3.8, 4) is 0 Å². The molecule has 0 heterocycles. The molecule has 1 aliphatic rings. The normalized spacial score (nSPS) is 19.2. The van der Waals surface area contributed by atoms with Crippen LogP contribution < -0.4 is 0 Å². The molecular weight excluding hydrogens is 144 g/mol. The van der Waals surface area contributed by atoms with Gasteiger partial charge in [-0.3, -0.25) is 0 Å². The summed E-state index contributed by atoms with van der Waals surface area (Å²) in [4.78, 5) is 10.3. The molecule has 0 aliphatic heterocycles. The highest BCUT2D eigenvalue weighted by Gasteiger charge is 2.18. The Morgan fingerprint density at radius 2 is 2.36 bits per heavy atom. The number of aliphatic hydroxyl groups is 1. The van der Waals surface area contributed by atoms with E-state index in [-0.39, 0.29) is 0 Å². The molecule has 0 fully saturated rings. The number of rotatable bonds is 2. The van der Waals surface area contributed by atoms with E-state index in [1.54, 1.807) is 12.2 Å². The van der Waals surface area contributed by atoms with Crippen LogP contribution in [0.3, 0.4) is 0 Å². The first-order chi connectivity index (χ1) is 5.22. The van der Waals surface area contributed by atoms with Crippen LogP contribution in [0.2, 0.25) is 0 Å². The zero-order valence-electron chi connectivity index (χ0n) is 6.03. The molecule has 3 heteroatoms. The van der Waals surface area contributed by atoms with E-state index in [1.807, 2.05) is 6.08 Å². The van der Waals surface area contributed by atoms with Gasteiger partial charge in [0.2, 0.25) is 0 Å². The number of allylic oxidation sites excluding steroid dienone is 3. The molecule has 0 aromatic rings. The summed E-state index contributed by atoms with van der Waals surface area (Å²) in [6.07, 6.45) is 5.51. The highest BCUT2D eigenvalue weighted by atomic mass is 16.4. The highest BCUT2D eigenvalue weighted by Crippen LogP contribution is 2.15. The summed E-state index contributed by atoms with van der Waals surface area (Å²) in [5.74, 6) is -1.17. The number of aliphatic carboxylic acids is 1. The van der Waals surface area contributed by atoms with E-state index in [1.165, 1.54) is 0 Å². The van der Waals surface area contributed by atoms with Crippen LogP contribution in [-0.2, 0) is 4.79 Å². The Hall–Kier alpha value is -1.09. The topological polar surface area (TPSA) is 57.5 Å². The van der Waals surface area contributed by atoms with E-state index < -0.39 is 12.1 Å². The summed E-state index contributed by atoms with van der Waals surface area (Å²) in [5.41, 5.74) is 0.583. The van der Waals surface area contributed by atoms with E-state index in [9.17, 15) is 4.79 Å². The van der Waals surface area contributed by atoms with Crippen molar-refractivity contribution in [3.63, 3.8) is 0 Å². The van der Waals surface area contributed by atoms with Crippen molar-refractivity contribution in [2.24, 2.45) is 0 Å². The quantitative estimate of drug-likeness (QED) is 0.615. The van der Waals surface area contributed by atoms with Crippen LogP contribution in [0.25, 0.3) is 0 Å². The molecular formula is C8H10O3. The van der Waals surface area contributed by atoms with E-state index in [0.717, 1.165) is 6.42 Å². The first-order valence-electron chi connectivity index (χ1n) is 3.48. The smallest absolute Gasteiger partial charge is 0.336 e. The third kappa shape index (κ3) is 1.91. The lowest BCUT2D eigenvalue weighted by molar-refractivity contribution is -0.144. The molecule has 0 aromatic heterocycles. The monoisotopic (exact) mass is 154 g/mol. The van der Waals surface area contributed by atoms with Gasteiger partial charge < -0.3 is 10.2 Å². The predicted octanol–water partition coefficient (Wildman–Crippen LogP) is 0.708. The maximum atomic E-state index is 10.3. The average Bonchev–Trinajstić information content (AvgIpc) is 2.05. The molecule has 1 atom stereocenters. The molecule has 60 valence electrons. The van der Waals surface area contributed by atoms with E-state index in [2.05, 4.69) is 0 Å². The summed E-state index contributed by atoms with van der Waals surface area (Å²) in [5, 5.41) is 17.5. The Bertz CT molecular complexity index is 215. The Morgan fingerprint density at radius 3 is 2.82 bits per heavy atom. The zero-order valence-corrected chi connectivity index (χ0v) is 6.03. The van der Waals surface area contributed by atoms with Crippen LogP contribution in [-0.4, -0.2) is 22.3 Å². The minimum absolute atomic E-state index is 0.583. The molecule has 0 saturated heterocycles. The van der Waals surface area contributed by atoms with Crippen molar-refractivity contribution in [1.82, 2.24) is 0 Å². The Labute approximate surface area is 64.7 Å². The SMILES string of the molecule is O=C(O)[C@H](O)C1=CC=CCC1. The second-order valence-corrected chi connectivity index (χ2v) is 2.45. The van der Waals surface area contributed by atoms with E-state index in [0.29, 0.717) is 12.0 Å². The standard InChI is InChI=1S/C8H10O3/c9-7(8(10)11)6-4-2-1-3-5-6/h1-2,4,7,9H,3,5H2,(H,10,11)/t7-/m1/s1. The van der Waals surface area contributed by atoms with Gasteiger partial charge in [-0.05, 0) is 18.4 Å². The first-order valence-corrected chi connectivity index (χ1v) is 3.48. The third-order valence-corrected chi connectivity index (χ3v) is 1.63. The molecule has 0 bridgehead atoms. The van der Waals surface area contributed by atoms with Crippen molar-refractivity contribution in [2.75, 3.05) is 0 Å². The van der Waals surface area contributed by atoms with Crippen molar-refractivity contribution in [3.05, 3.63) is 23.8 Å². The molecule has 0 aromatic carbocycles. The molecule has 3 nitrogen and oxygen atoms in total. The van der Waals surface area contributed by atoms with Crippen molar-refractivity contribution in [2.45, 2.75) is 18.9 Å². The lowest BCUT2D eigenvalue weighted by Gasteiger charge is -2.11. The Balaban J connectivity index is 2.66. The van der Waals surface area contributed by atoms with Gasteiger partial charge in [-0.2, -0.15) is 0 Å². The summed E-state index contributed by atoms with van der Waals surface area (Å²) in [6.45, 7) is 0. The van der Waals surface area contributed by atoms with Gasteiger partial charge in [0.25, 0.3) is 0 Å². The summed E-state index contributed by atoms with van der Waals surface area (Å²) in [6, 6.07) is 0. The fraction of sp³-hybridized carbons (Fsp3) is 0.375. The summed E-state index contributed by atoms with van der Waals surface area (Å²) >= 11 is 0. The maximum Gasteiger partial charge on any atom is 0.336 e. The van der Waals surface area contributed by atoms with E-state index in [4.69, 9.17) is 10.2 Å². The van der Waals surface area contributed by atoms with Gasteiger partial charge in [-0.1, -0.05) is 18.2 Å². The fourth-order valence-electron chi connectivity index (χ4n) is 1.01. The van der Waals surface area contributed by atoms with Crippen LogP contribution in [0.15, 0.2) is 23.8 Å². The highest BCUT2D eigenvalue weighted by molar-refractivity contribution is 5.76. The van der Waals surface area contributed by atoms with Crippen LogP contribution in [0.5, 0.6) is 0 Å². The van der Waals surface area contributed by atoms with Crippen LogP contribution >= 0.6 is 0 Å². The van der Waals surface area contributed by atoms with Gasteiger partial charge in [0.05, 0.1) is 0 Å². The molecule has 1 aliphatic carbocycles. The number of hydrogen-bond donors (Lipinski definition) is 2. The van der Waals surface area contributed by atoms with Gasteiger partial charge in [-0.15, -0.1) is 0 Å². The van der Waals surface area contributed by atoms with Crippen LogP contribution in [0, 0.1) is 0 Å². The average molecular weight is 154 g/mol.